The predicted octanol–water partition coefficient (Wildman–Crippen LogP) is 1.93. The van der Waals surface area contributed by atoms with Gasteiger partial charge in [0.2, 0.25) is 0 Å². The zero-order valence-corrected chi connectivity index (χ0v) is 14.3. The van der Waals surface area contributed by atoms with Crippen molar-refractivity contribution in [3.8, 4) is 0 Å². The van der Waals surface area contributed by atoms with Gasteiger partial charge in [0, 0.05) is 0 Å². The van der Waals surface area contributed by atoms with Gasteiger partial charge in [-0.05, 0) is 12.5 Å². The SMILES string of the molecule is Cc1nc(CSc2nnc(CN)n2Cc2ccccc2)n[nH]1.Cl. The molecule has 9 heteroatoms. The van der Waals surface area contributed by atoms with Crippen LogP contribution in [-0.4, -0.2) is 29.9 Å². The molecule has 0 radical (unpaired) electrons. The number of rotatable bonds is 6. The minimum absolute atomic E-state index is 0. The van der Waals surface area contributed by atoms with Gasteiger partial charge in [-0.1, -0.05) is 42.1 Å². The van der Waals surface area contributed by atoms with Crippen LogP contribution in [0.4, 0.5) is 0 Å². The Hall–Kier alpha value is -1.90. The van der Waals surface area contributed by atoms with Crippen LogP contribution in [0, 0.1) is 6.92 Å². The fourth-order valence-electron chi connectivity index (χ4n) is 2.08. The lowest BCUT2D eigenvalue weighted by atomic mass is 10.2. The number of aromatic amines is 1. The van der Waals surface area contributed by atoms with E-state index in [0.29, 0.717) is 18.8 Å². The van der Waals surface area contributed by atoms with Crippen LogP contribution in [-0.2, 0) is 18.8 Å². The van der Waals surface area contributed by atoms with Gasteiger partial charge in [0.15, 0.2) is 11.0 Å². The Balaban J connectivity index is 0.00000192. The van der Waals surface area contributed by atoms with Crippen molar-refractivity contribution in [3.63, 3.8) is 0 Å². The molecule has 2 aromatic heterocycles. The highest BCUT2D eigenvalue weighted by molar-refractivity contribution is 7.98. The summed E-state index contributed by atoms with van der Waals surface area (Å²) in [5, 5.41) is 16.2. The van der Waals surface area contributed by atoms with Gasteiger partial charge < -0.3 is 10.3 Å². The quantitative estimate of drug-likeness (QED) is 0.658. The predicted molar refractivity (Wildman–Crippen MR) is 91.4 cm³/mol. The number of hydrogen-bond donors (Lipinski definition) is 2. The molecule has 0 bridgehead atoms. The number of nitrogens with one attached hydrogen (secondary N) is 1. The first-order valence-electron chi connectivity index (χ1n) is 6.93. The molecule has 0 aliphatic carbocycles. The van der Waals surface area contributed by atoms with Crippen LogP contribution in [0.15, 0.2) is 35.5 Å². The molecule has 0 unspecified atom stereocenters. The Bertz CT molecular complexity index is 741. The number of aryl methyl sites for hydroxylation is 1. The summed E-state index contributed by atoms with van der Waals surface area (Å²) < 4.78 is 2.04. The molecule has 0 fully saturated rings. The highest BCUT2D eigenvalue weighted by Gasteiger charge is 2.13. The fraction of sp³-hybridized carbons (Fsp3) is 0.286. The lowest BCUT2D eigenvalue weighted by Gasteiger charge is -2.08. The molecule has 0 aliphatic heterocycles. The molecular formula is C14H18ClN7S. The second-order valence-corrected chi connectivity index (χ2v) is 5.74. The van der Waals surface area contributed by atoms with Crippen LogP contribution in [0.5, 0.6) is 0 Å². The third kappa shape index (κ3) is 4.31. The van der Waals surface area contributed by atoms with Crippen LogP contribution in [0.25, 0.3) is 0 Å². The first-order valence-corrected chi connectivity index (χ1v) is 7.91. The van der Waals surface area contributed by atoms with Crippen molar-refractivity contribution in [1.29, 1.82) is 0 Å². The van der Waals surface area contributed by atoms with Gasteiger partial charge >= 0.3 is 0 Å². The highest BCUT2D eigenvalue weighted by Crippen LogP contribution is 2.21. The average Bonchev–Trinajstić information content (AvgIpc) is 3.12. The smallest absolute Gasteiger partial charge is 0.192 e. The second-order valence-electron chi connectivity index (χ2n) is 4.80. The summed E-state index contributed by atoms with van der Waals surface area (Å²) in [5.41, 5.74) is 6.95. The summed E-state index contributed by atoms with van der Waals surface area (Å²) in [4.78, 5) is 4.30. The maximum Gasteiger partial charge on any atom is 0.192 e. The Labute approximate surface area is 144 Å². The number of aromatic nitrogens is 6. The van der Waals surface area contributed by atoms with E-state index >= 15 is 0 Å². The van der Waals surface area contributed by atoms with Gasteiger partial charge in [0.05, 0.1) is 18.8 Å². The topological polar surface area (TPSA) is 98.3 Å². The van der Waals surface area contributed by atoms with Crippen molar-refractivity contribution in [2.24, 2.45) is 5.73 Å². The van der Waals surface area contributed by atoms with Gasteiger partial charge in [-0.3, -0.25) is 5.10 Å². The highest BCUT2D eigenvalue weighted by atomic mass is 35.5. The molecule has 0 saturated carbocycles. The van der Waals surface area contributed by atoms with Gasteiger partial charge in [0.25, 0.3) is 0 Å². The molecule has 23 heavy (non-hydrogen) atoms. The molecule has 0 atom stereocenters. The molecule has 0 saturated heterocycles. The van der Waals surface area contributed by atoms with Crippen LogP contribution in [0.3, 0.4) is 0 Å². The largest absolute Gasteiger partial charge is 0.324 e. The molecule has 0 amide bonds. The number of H-pyrrole nitrogens is 1. The molecule has 3 N–H and O–H groups in total. The van der Waals surface area contributed by atoms with Gasteiger partial charge in [0.1, 0.15) is 11.6 Å². The second kappa shape index (κ2) is 8.09. The summed E-state index contributed by atoms with van der Waals surface area (Å²) in [6.45, 7) is 2.95. The molecule has 0 aliphatic rings. The van der Waals surface area contributed by atoms with Crippen LogP contribution < -0.4 is 5.73 Å². The van der Waals surface area contributed by atoms with E-state index in [-0.39, 0.29) is 12.4 Å². The van der Waals surface area contributed by atoms with Crippen molar-refractivity contribution in [2.75, 3.05) is 0 Å². The third-order valence-corrected chi connectivity index (χ3v) is 4.10. The van der Waals surface area contributed by atoms with E-state index < -0.39 is 0 Å². The lowest BCUT2D eigenvalue weighted by molar-refractivity contribution is 0.666. The van der Waals surface area contributed by atoms with Crippen LogP contribution >= 0.6 is 24.2 Å². The number of nitrogens with zero attached hydrogens (tertiary/aromatic N) is 5. The first kappa shape index (κ1) is 17.5. The van der Waals surface area contributed by atoms with Crippen LogP contribution in [0.1, 0.15) is 23.0 Å². The number of nitrogens with two attached hydrogens (primary N) is 1. The average molecular weight is 352 g/mol. The van der Waals surface area contributed by atoms with Gasteiger partial charge in [-0.2, -0.15) is 5.10 Å². The van der Waals surface area contributed by atoms with Crippen molar-refractivity contribution in [1.82, 2.24) is 29.9 Å². The number of thioether (sulfide) groups is 1. The summed E-state index contributed by atoms with van der Waals surface area (Å²) in [5.74, 6) is 2.98. The first-order chi connectivity index (χ1) is 10.8. The zero-order chi connectivity index (χ0) is 15.4. The summed E-state index contributed by atoms with van der Waals surface area (Å²) in [7, 11) is 0. The van der Waals surface area contributed by atoms with E-state index in [4.69, 9.17) is 5.73 Å². The molecule has 3 aromatic rings. The minimum atomic E-state index is 0. The third-order valence-electron chi connectivity index (χ3n) is 3.13. The normalized spacial score (nSPS) is 10.5. The van der Waals surface area contributed by atoms with E-state index in [1.807, 2.05) is 29.7 Å². The molecule has 2 heterocycles. The molecule has 122 valence electrons. The Kier molecular flexibility index (Phi) is 6.14. The summed E-state index contributed by atoms with van der Waals surface area (Å²) >= 11 is 1.56. The lowest BCUT2D eigenvalue weighted by Crippen LogP contribution is -2.10. The minimum Gasteiger partial charge on any atom is -0.324 e. The van der Waals surface area contributed by atoms with Crippen LogP contribution in [0.2, 0.25) is 0 Å². The van der Waals surface area contributed by atoms with Crippen molar-refractivity contribution < 1.29 is 0 Å². The van der Waals surface area contributed by atoms with Crippen molar-refractivity contribution in [2.45, 2.75) is 30.9 Å². The van der Waals surface area contributed by atoms with Gasteiger partial charge in [-0.25, -0.2) is 4.98 Å². The van der Waals surface area contributed by atoms with Crippen molar-refractivity contribution in [3.05, 3.63) is 53.4 Å². The maximum atomic E-state index is 5.77. The maximum absolute atomic E-state index is 5.77. The number of halogens is 1. The molecule has 3 rings (SSSR count). The van der Waals surface area contributed by atoms with E-state index in [2.05, 4.69) is 37.5 Å². The molecular weight excluding hydrogens is 334 g/mol. The monoisotopic (exact) mass is 351 g/mol. The van der Waals surface area contributed by atoms with E-state index in [9.17, 15) is 0 Å². The number of hydrogen-bond acceptors (Lipinski definition) is 6. The molecule has 1 aromatic carbocycles. The molecule has 0 spiro atoms. The molecule has 7 nitrogen and oxygen atoms in total. The summed E-state index contributed by atoms with van der Waals surface area (Å²) in [6, 6.07) is 10.2. The Morgan fingerprint density at radius 2 is 2.00 bits per heavy atom. The van der Waals surface area contributed by atoms with E-state index in [1.54, 1.807) is 11.8 Å². The standard InChI is InChI=1S/C14H17N7S.ClH/c1-10-16-12(18-17-10)9-22-14-20-19-13(7-15)21(14)8-11-5-3-2-4-6-11;/h2-6H,7-9,15H2,1H3,(H,16,17,18);1H. The number of benzene rings is 1. The Morgan fingerprint density at radius 1 is 1.22 bits per heavy atom. The van der Waals surface area contributed by atoms with E-state index in [0.717, 1.165) is 22.6 Å². The fourth-order valence-corrected chi connectivity index (χ4v) is 2.90. The zero-order valence-electron chi connectivity index (χ0n) is 12.6. The van der Waals surface area contributed by atoms with Crippen molar-refractivity contribution >= 4 is 24.2 Å². The van der Waals surface area contributed by atoms with E-state index in [1.165, 1.54) is 5.56 Å². The summed E-state index contributed by atoms with van der Waals surface area (Å²) in [6.07, 6.45) is 0. The van der Waals surface area contributed by atoms with Gasteiger partial charge in [-0.15, -0.1) is 22.6 Å². The Morgan fingerprint density at radius 3 is 2.65 bits per heavy atom.